The summed E-state index contributed by atoms with van der Waals surface area (Å²) in [7, 11) is -2.82. The Bertz CT molecular complexity index is 916. The first-order chi connectivity index (χ1) is 11.7. The van der Waals surface area contributed by atoms with Crippen LogP contribution in [0.3, 0.4) is 0 Å². The number of halogens is 3. The Kier molecular flexibility index (Phi) is 6.21. The third-order valence-corrected chi connectivity index (χ3v) is 6.31. The molecule has 2 aromatic rings. The molecule has 134 valence electrons. The molecule has 0 saturated heterocycles. The van der Waals surface area contributed by atoms with Gasteiger partial charge in [-0.15, -0.1) is 0 Å². The zero-order valence-corrected chi connectivity index (χ0v) is 16.4. The Balaban J connectivity index is 2.63. The summed E-state index contributed by atoms with van der Waals surface area (Å²) in [6, 6.07) is 8.39. The highest BCUT2D eigenvalue weighted by atomic mass is 35.5. The molecule has 0 bridgehead atoms. The second kappa shape index (κ2) is 7.83. The van der Waals surface area contributed by atoms with E-state index in [1.807, 2.05) is 0 Å². The molecular weight excluding hydrogens is 409 g/mol. The fourth-order valence-corrected chi connectivity index (χ4v) is 4.71. The molecule has 0 aliphatic heterocycles. The third kappa shape index (κ3) is 4.03. The van der Waals surface area contributed by atoms with Gasteiger partial charge in [0.25, 0.3) is 10.0 Å². The van der Waals surface area contributed by atoms with Crippen LogP contribution in [-0.2, 0) is 14.8 Å². The first-order valence-corrected chi connectivity index (χ1v) is 9.65. The number of nitrogens with zero attached hydrogens (tertiary/aromatic N) is 1. The summed E-state index contributed by atoms with van der Waals surface area (Å²) in [5.74, 6) is -0.604. The molecular formula is C16H14Cl3NO4S. The van der Waals surface area contributed by atoms with Crippen molar-refractivity contribution in [2.24, 2.45) is 0 Å². The number of methoxy groups -OCH3 is 1. The molecule has 0 aliphatic carbocycles. The summed E-state index contributed by atoms with van der Waals surface area (Å²) in [6.45, 7) is 1.70. The van der Waals surface area contributed by atoms with Crippen molar-refractivity contribution in [2.45, 2.75) is 11.8 Å². The number of carbonyl (C=O) groups excluding carboxylic acids is 1. The number of rotatable bonds is 5. The van der Waals surface area contributed by atoms with Crippen molar-refractivity contribution in [3.63, 3.8) is 0 Å². The van der Waals surface area contributed by atoms with E-state index in [-0.39, 0.29) is 37.8 Å². The van der Waals surface area contributed by atoms with E-state index in [2.05, 4.69) is 4.74 Å². The van der Waals surface area contributed by atoms with Crippen LogP contribution in [0.4, 0.5) is 5.69 Å². The molecule has 2 aromatic carbocycles. The molecule has 9 heteroatoms. The molecule has 2 rings (SSSR count). The molecule has 0 N–H and O–H groups in total. The molecule has 0 amide bonds. The van der Waals surface area contributed by atoms with Crippen molar-refractivity contribution in [3.05, 3.63) is 57.0 Å². The molecule has 5 nitrogen and oxygen atoms in total. The predicted octanol–water partition coefficient (Wildman–Crippen LogP) is 4.65. The number of hydrogen-bond acceptors (Lipinski definition) is 4. The van der Waals surface area contributed by atoms with Crippen molar-refractivity contribution in [1.29, 1.82) is 0 Å². The van der Waals surface area contributed by atoms with Gasteiger partial charge in [0.1, 0.15) is 4.90 Å². The zero-order chi connectivity index (χ0) is 18.8. The maximum Gasteiger partial charge on any atom is 0.337 e. The lowest BCUT2D eigenvalue weighted by atomic mass is 10.2. The molecule has 0 heterocycles. The van der Waals surface area contributed by atoms with E-state index in [1.165, 1.54) is 43.5 Å². The van der Waals surface area contributed by atoms with Crippen LogP contribution in [0, 0.1) is 0 Å². The van der Waals surface area contributed by atoms with E-state index >= 15 is 0 Å². The Labute approximate surface area is 161 Å². The third-order valence-electron chi connectivity index (χ3n) is 3.38. The predicted molar refractivity (Wildman–Crippen MR) is 99.5 cm³/mol. The van der Waals surface area contributed by atoms with E-state index in [1.54, 1.807) is 6.92 Å². The number of carbonyl (C=O) groups is 1. The van der Waals surface area contributed by atoms with Gasteiger partial charge in [0, 0.05) is 11.6 Å². The van der Waals surface area contributed by atoms with Crippen LogP contribution in [0.5, 0.6) is 0 Å². The van der Waals surface area contributed by atoms with Gasteiger partial charge in [-0.1, -0.05) is 34.8 Å². The summed E-state index contributed by atoms with van der Waals surface area (Å²) in [4.78, 5) is 11.6. The zero-order valence-electron chi connectivity index (χ0n) is 13.3. The molecule has 0 unspecified atom stereocenters. The highest BCUT2D eigenvalue weighted by Crippen LogP contribution is 2.34. The van der Waals surface area contributed by atoms with Gasteiger partial charge in [-0.05, 0) is 43.3 Å². The lowest BCUT2D eigenvalue weighted by Gasteiger charge is -2.25. The molecule has 0 saturated carbocycles. The minimum Gasteiger partial charge on any atom is -0.465 e. The van der Waals surface area contributed by atoms with Crippen LogP contribution in [0.1, 0.15) is 17.3 Å². The van der Waals surface area contributed by atoms with Gasteiger partial charge in [-0.25, -0.2) is 13.2 Å². The van der Waals surface area contributed by atoms with Crippen LogP contribution in [0.25, 0.3) is 0 Å². The van der Waals surface area contributed by atoms with Gasteiger partial charge in [-0.3, -0.25) is 4.31 Å². The number of benzene rings is 2. The molecule has 0 fully saturated rings. The van der Waals surface area contributed by atoms with Crippen LogP contribution < -0.4 is 4.31 Å². The van der Waals surface area contributed by atoms with Crippen LogP contribution >= 0.6 is 34.8 Å². The van der Waals surface area contributed by atoms with Gasteiger partial charge in [0.2, 0.25) is 0 Å². The van der Waals surface area contributed by atoms with Crippen LogP contribution in [0.15, 0.2) is 41.3 Å². The smallest absolute Gasteiger partial charge is 0.337 e. The molecule has 0 aliphatic rings. The first kappa shape index (κ1) is 19.8. The van der Waals surface area contributed by atoms with E-state index in [0.717, 1.165) is 4.31 Å². The summed E-state index contributed by atoms with van der Waals surface area (Å²) in [5.41, 5.74) is 0.316. The van der Waals surface area contributed by atoms with Gasteiger partial charge in [0.15, 0.2) is 0 Å². The molecule has 0 aromatic heterocycles. The van der Waals surface area contributed by atoms with Gasteiger partial charge >= 0.3 is 5.97 Å². The summed E-state index contributed by atoms with van der Waals surface area (Å²) in [6.07, 6.45) is 0. The van der Waals surface area contributed by atoms with Crippen LogP contribution in [0.2, 0.25) is 15.1 Å². The summed E-state index contributed by atoms with van der Waals surface area (Å²) in [5, 5.41) is 0.424. The van der Waals surface area contributed by atoms with Crippen molar-refractivity contribution in [1.82, 2.24) is 0 Å². The number of sulfonamides is 1. The minimum absolute atomic E-state index is 0.0306. The SMILES string of the molecule is CCN(c1cc(C(=O)OC)ccc1Cl)S(=O)(=O)c1cc(Cl)ccc1Cl. The highest BCUT2D eigenvalue weighted by molar-refractivity contribution is 7.93. The fraction of sp³-hybridized carbons (Fsp3) is 0.188. The molecule has 0 radical (unpaired) electrons. The van der Waals surface area contributed by atoms with E-state index < -0.39 is 16.0 Å². The number of hydrogen-bond donors (Lipinski definition) is 0. The largest absolute Gasteiger partial charge is 0.465 e. The maximum absolute atomic E-state index is 13.0. The second-order valence-corrected chi connectivity index (χ2v) is 7.98. The lowest BCUT2D eigenvalue weighted by molar-refractivity contribution is 0.0600. The summed E-state index contributed by atoms with van der Waals surface area (Å²) < 4.78 is 31.8. The average Bonchev–Trinajstić information content (AvgIpc) is 2.58. The van der Waals surface area contributed by atoms with Crippen molar-refractivity contribution in [3.8, 4) is 0 Å². The molecule has 25 heavy (non-hydrogen) atoms. The lowest BCUT2D eigenvalue weighted by Crippen LogP contribution is -2.31. The Morgan fingerprint density at radius 1 is 1.08 bits per heavy atom. The first-order valence-electron chi connectivity index (χ1n) is 7.08. The minimum atomic E-state index is -4.05. The number of anilines is 1. The normalized spacial score (nSPS) is 11.2. The topological polar surface area (TPSA) is 63.7 Å². The standard InChI is InChI=1S/C16H14Cl3NO4S/c1-3-20(14-8-10(16(21)24-2)4-6-12(14)18)25(22,23)15-9-11(17)5-7-13(15)19/h4-9H,3H2,1-2H3. The van der Waals surface area contributed by atoms with Crippen molar-refractivity contribution < 1.29 is 17.9 Å². The van der Waals surface area contributed by atoms with E-state index in [9.17, 15) is 13.2 Å². The fourth-order valence-electron chi connectivity index (χ4n) is 2.21. The van der Waals surface area contributed by atoms with Crippen LogP contribution in [-0.4, -0.2) is 28.0 Å². The quantitative estimate of drug-likeness (QED) is 0.658. The molecule has 0 atom stereocenters. The van der Waals surface area contributed by atoms with Crippen molar-refractivity contribution in [2.75, 3.05) is 18.0 Å². The van der Waals surface area contributed by atoms with Gasteiger partial charge in [-0.2, -0.15) is 0 Å². The van der Waals surface area contributed by atoms with E-state index in [0.29, 0.717) is 0 Å². The number of esters is 1. The Hall–Kier alpha value is -1.47. The Morgan fingerprint density at radius 3 is 2.32 bits per heavy atom. The molecule has 0 spiro atoms. The van der Waals surface area contributed by atoms with Crippen molar-refractivity contribution >= 4 is 56.5 Å². The monoisotopic (exact) mass is 421 g/mol. The summed E-state index contributed by atoms with van der Waals surface area (Å²) >= 11 is 18.1. The average molecular weight is 423 g/mol. The van der Waals surface area contributed by atoms with Gasteiger partial charge in [0.05, 0.1) is 28.4 Å². The highest BCUT2D eigenvalue weighted by Gasteiger charge is 2.28. The van der Waals surface area contributed by atoms with Gasteiger partial charge < -0.3 is 4.74 Å². The maximum atomic E-state index is 13.0. The number of ether oxygens (including phenoxy) is 1. The van der Waals surface area contributed by atoms with E-state index in [4.69, 9.17) is 34.8 Å². The Morgan fingerprint density at radius 2 is 1.72 bits per heavy atom. The second-order valence-electron chi connectivity index (χ2n) is 4.90.